The molecule has 0 unspecified atom stereocenters. The number of rotatable bonds is 8. The van der Waals surface area contributed by atoms with Crippen molar-refractivity contribution in [2.75, 3.05) is 27.2 Å². The van der Waals surface area contributed by atoms with Gasteiger partial charge < -0.3 is 9.74 Å². The van der Waals surface area contributed by atoms with Crippen LogP contribution in [0.2, 0.25) is 15.1 Å². The molecule has 0 saturated heterocycles. The van der Waals surface area contributed by atoms with E-state index in [-0.39, 0.29) is 10.6 Å². The lowest BCUT2D eigenvalue weighted by molar-refractivity contribution is 0.135. The van der Waals surface area contributed by atoms with Crippen molar-refractivity contribution in [3.63, 3.8) is 0 Å². The summed E-state index contributed by atoms with van der Waals surface area (Å²) in [6, 6.07) is 11.9. The maximum Gasteiger partial charge on any atom is 0.255 e. The molecule has 0 atom stereocenters. The van der Waals surface area contributed by atoms with E-state index in [1.54, 1.807) is 30.5 Å². The van der Waals surface area contributed by atoms with Crippen LogP contribution in [-0.2, 0) is 4.84 Å². The Hall–Kier alpha value is -2.38. The summed E-state index contributed by atoms with van der Waals surface area (Å²) < 4.78 is 15.0. The van der Waals surface area contributed by atoms with Gasteiger partial charge in [-0.25, -0.2) is 4.39 Å². The number of halogens is 4. The van der Waals surface area contributed by atoms with Crippen LogP contribution >= 0.6 is 34.8 Å². The summed E-state index contributed by atoms with van der Waals surface area (Å²) >= 11 is 18.9. The molecule has 5 nitrogen and oxygen atoms in total. The van der Waals surface area contributed by atoms with Crippen molar-refractivity contribution in [3.05, 3.63) is 97.1 Å². The van der Waals surface area contributed by atoms with E-state index in [9.17, 15) is 9.18 Å². The van der Waals surface area contributed by atoms with Gasteiger partial charge in [0.15, 0.2) is 0 Å². The molecule has 1 heterocycles. The number of para-hydroxylation sites is 1. The van der Waals surface area contributed by atoms with Crippen LogP contribution in [-0.4, -0.2) is 42.4 Å². The van der Waals surface area contributed by atoms with E-state index in [2.05, 4.69) is 5.16 Å². The van der Waals surface area contributed by atoms with Gasteiger partial charge in [0.25, 0.3) is 5.56 Å². The van der Waals surface area contributed by atoms with Crippen LogP contribution in [0.1, 0.15) is 17.5 Å². The fourth-order valence-electron chi connectivity index (χ4n) is 3.02. The molecule has 0 aliphatic carbocycles. The lowest BCUT2D eigenvalue weighted by atomic mass is 10.0. The highest BCUT2D eigenvalue weighted by atomic mass is 35.5. The van der Waals surface area contributed by atoms with Gasteiger partial charge >= 0.3 is 0 Å². The average molecular weight is 497 g/mol. The van der Waals surface area contributed by atoms with Crippen molar-refractivity contribution in [3.8, 4) is 5.69 Å². The van der Waals surface area contributed by atoms with E-state index >= 15 is 0 Å². The Morgan fingerprint density at radius 3 is 2.44 bits per heavy atom. The first-order valence-corrected chi connectivity index (χ1v) is 10.9. The summed E-state index contributed by atoms with van der Waals surface area (Å²) in [7, 11) is 3.94. The van der Waals surface area contributed by atoms with Crippen molar-refractivity contribution >= 4 is 40.5 Å². The summed E-state index contributed by atoms with van der Waals surface area (Å²) in [6.45, 7) is 1.20. The van der Waals surface area contributed by atoms with Gasteiger partial charge in [0.1, 0.15) is 18.1 Å². The quantitative estimate of drug-likeness (QED) is 0.230. The van der Waals surface area contributed by atoms with Crippen molar-refractivity contribution in [1.82, 2.24) is 9.47 Å². The standard InChI is InChI=1S/C23H21Cl3FN3O2/c1-29(2)11-4-12-32-28-22(17-9-8-16(27)13-20(17)26)15-7-10-21(31)30(14-15)23-18(24)5-3-6-19(23)25/h3,5-10,13-14H,4,11-12H2,1-2H3/b28-22+. The molecule has 0 amide bonds. The Morgan fingerprint density at radius 2 is 1.78 bits per heavy atom. The van der Waals surface area contributed by atoms with Gasteiger partial charge in [0, 0.05) is 29.9 Å². The van der Waals surface area contributed by atoms with Crippen LogP contribution in [0.3, 0.4) is 0 Å². The van der Waals surface area contributed by atoms with Crippen molar-refractivity contribution in [2.24, 2.45) is 5.16 Å². The SMILES string of the molecule is CN(C)CCCO/N=C(\c1ccc(=O)n(-c2c(Cl)cccc2Cl)c1)c1ccc(F)cc1Cl. The van der Waals surface area contributed by atoms with E-state index in [1.165, 1.54) is 28.8 Å². The number of oxime groups is 1. The lowest BCUT2D eigenvalue weighted by Gasteiger charge is -2.14. The van der Waals surface area contributed by atoms with Gasteiger partial charge in [-0.1, -0.05) is 46.0 Å². The minimum Gasteiger partial charge on any atom is -0.395 e. The van der Waals surface area contributed by atoms with E-state index < -0.39 is 5.82 Å². The molecule has 0 aliphatic heterocycles. The molecule has 0 fully saturated rings. The van der Waals surface area contributed by atoms with Gasteiger partial charge in [0.05, 0.1) is 20.8 Å². The molecule has 0 bridgehead atoms. The zero-order valence-corrected chi connectivity index (χ0v) is 19.8. The fourth-order valence-corrected chi connectivity index (χ4v) is 3.85. The third kappa shape index (κ3) is 5.90. The normalized spacial score (nSPS) is 11.8. The maximum absolute atomic E-state index is 13.6. The van der Waals surface area contributed by atoms with Gasteiger partial charge in [-0.3, -0.25) is 9.36 Å². The third-order valence-corrected chi connectivity index (χ3v) is 5.47. The molecule has 9 heteroatoms. The molecule has 3 rings (SSSR count). The molecule has 0 radical (unpaired) electrons. The second-order valence-corrected chi connectivity index (χ2v) is 8.47. The Bertz CT molecular complexity index is 1180. The molecule has 168 valence electrons. The van der Waals surface area contributed by atoms with Crippen LogP contribution in [0, 0.1) is 5.82 Å². The molecule has 32 heavy (non-hydrogen) atoms. The fraction of sp³-hybridized carbons (Fsp3) is 0.217. The average Bonchev–Trinajstić information content (AvgIpc) is 2.72. The van der Waals surface area contributed by atoms with Crippen LogP contribution < -0.4 is 5.56 Å². The first-order valence-electron chi connectivity index (χ1n) is 9.75. The van der Waals surface area contributed by atoms with E-state index in [0.717, 1.165) is 13.0 Å². The Kier molecular flexibility index (Phi) is 8.32. The largest absolute Gasteiger partial charge is 0.395 e. The van der Waals surface area contributed by atoms with Crippen molar-refractivity contribution in [1.29, 1.82) is 0 Å². The summed E-state index contributed by atoms with van der Waals surface area (Å²) in [5, 5.41) is 5.06. The van der Waals surface area contributed by atoms with Gasteiger partial charge in [-0.2, -0.15) is 0 Å². The topological polar surface area (TPSA) is 46.8 Å². The van der Waals surface area contributed by atoms with E-state index in [1.807, 2.05) is 19.0 Å². The third-order valence-electron chi connectivity index (χ3n) is 4.55. The zero-order chi connectivity index (χ0) is 23.3. The molecule has 0 spiro atoms. The number of hydrogen-bond acceptors (Lipinski definition) is 4. The number of benzene rings is 2. The van der Waals surface area contributed by atoms with Crippen LogP contribution in [0.25, 0.3) is 5.69 Å². The summed E-state index contributed by atoms with van der Waals surface area (Å²) in [6.07, 6.45) is 2.31. The molecule has 2 aromatic carbocycles. The summed E-state index contributed by atoms with van der Waals surface area (Å²) in [5.74, 6) is -0.474. The predicted octanol–water partition coefficient (Wildman–Crippen LogP) is 5.66. The highest BCUT2D eigenvalue weighted by Crippen LogP contribution is 2.28. The van der Waals surface area contributed by atoms with Gasteiger partial charge in [-0.05, 0) is 56.9 Å². The van der Waals surface area contributed by atoms with Gasteiger partial charge in [-0.15, -0.1) is 0 Å². The van der Waals surface area contributed by atoms with Gasteiger partial charge in [0.2, 0.25) is 0 Å². The Morgan fingerprint density at radius 1 is 1.06 bits per heavy atom. The van der Waals surface area contributed by atoms with Crippen molar-refractivity contribution < 1.29 is 9.23 Å². The Balaban J connectivity index is 2.08. The predicted molar refractivity (Wildman–Crippen MR) is 128 cm³/mol. The van der Waals surface area contributed by atoms with E-state index in [4.69, 9.17) is 39.6 Å². The number of nitrogens with zero attached hydrogens (tertiary/aromatic N) is 3. The molecule has 1 aromatic heterocycles. The summed E-state index contributed by atoms with van der Waals surface area (Å²) in [5.41, 5.74) is 1.33. The number of hydrogen-bond donors (Lipinski definition) is 0. The van der Waals surface area contributed by atoms with E-state index in [0.29, 0.717) is 39.2 Å². The minimum atomic E-state index is -0.474. The highest BCUT2D eigenvalue weighted by molar-refractivity contribution is 6.38. The smallest absolute Gasteiger partial charge is 0.255 e. The maximum atomic E-state index is 13.6. The molecule has 0 saturated carbocycles. The first-order chi connectivity index (χ1) is 15.3. The minimum absolute atomic E-state index is 0.161. The molecule has 3 aromatic rings. The number of aromatic nitrogens is 1. The van der Waals surface area contributed by atoms with Crippen LogP contribution in [0.5, 0.6) is 0 Å². The summed E-state index contributed by atoms with van der Waals surface area (Å²) in [4.78, 5) is 20.2. The molecular formula is C23H21Cl3FN3O2. The zero-order valence-electron chi connectivity index (χ0n) is 17.5. The second kappa shape index (κ2) is 11.0. The van der Waals surface area contributed by atoms with Crippen LogP contribution in [0.4, 0.5) is 4.39 Å². The number of pyridine rings is 1. The second-order valence-electron chi connectivity index (χ2n) is 7.25. The highest BCUT2D eigenvalue weighted by Gasteiger charge is 2.16. The Labute approximate surface area is 200 Å². The monoisotopic (exact) mass is 495 g/mol. The lowest BCUT2D eigenvalue weighted by Crippen LogP contribution is -2.20. The van der Waals surface area contributed by atoms with Crippen LogP contribution in [0.15, 0.2) is 64.7 Å². The molecule has 0 N–H and O–H groups in total. The molecule has 0 aliphatic rings. The van der Waals surface area contributed by atoms with Crippen molar-refractivity contribution in [2.45, 2.75) is 6.42 Å². The molecular weight excluding hydrogens is 476 g/mol. The first kappa shape index (κ1) is 24.3.